The topological polar surface area (TPSA) is 91.9 Å². The maximum atomic E-state index is 13.2. The molecule has 0 saturated carbocycles. The Morgan fingerprint density at radius 3 is 2.67 bits per heavy atom. The first-order chi connectivity index (χ1) is 14.6. The van der Waals surface area contributed by atoms with Crippen molar-refractivity contribution >= 4 is 22.8 Å². The molecule has 0 saturated heterocycles. The predicted octanol–water partition coefficient (Wildman–Crippen LogP) is 4.27. The van der Waals surface area contributed by atoms with Crippen molar-refractivity contribution in [1.29, 1.82) is 0 Å². The molecule has 8 heteroatoms. The molecule has 0 aliphatic heterocycles. The van der Waals surface area contributed by atoms with Crippen LogP contribution in [-0.4, -0.2) is 34.9 Å². The Balaban J connectivity index is 1.49. The maximum Gasteiger partial charge on any atom is 0.320 e. The number of aromatic nitrogens is 3. The molecule has 0 radical (unpaired) electrons. The number of carbonyl (C=O) groups excluding carboxylic acids is 1. The summed E-state index contributed by atoms with van der Waals surface area (Å²) in [5.41, 5.74) is 3.08. The lowest BCUT2D eigenvalue weighted by atomic mass is 10.1. The van der Waals surface area contributed by atoms with Gasteiger partial charge in [-0.3, -0.25) is 10.4 Å². The minimum Gasteiger partial charge on any atom is -0.382 e. The van der Waals surface area contributed by atoms with E-state index < -0.39 is 6.03 Å². The van der Waals surface area contributed by atoms with Crippen molar-refractivity contribution in [1.82, 2.24) is 20.5 Å². The Morgan fingerprint density at radius 1 is 1.17 bits per heavy atom. The van der Waals surface area contributed by atoms with Gasteiger partial charge in [-0.05, 0) is 29.8 Å². The Hall–Kier alpha value is -3.78. The SMILES string of the molecule is COCC(NC(=O)Nc1cc2[nH]nc(-c3ccc(F)cc3)c2cn1)c1ccccc1. The van der Waals surface area contributed by atoms with Gasteiger partial charge in [0.15, 0.2) is 0 Å². The van der Waals surface area contributed by atoms with Gasteiger partial charge in [0.25, 0.3) is 0 Å². The highest BCUT2D eigenvalue weighted by Crippen LogP contribution is 2.27. The molecule has 0 fully saturated rings. The van der Waals surface area contributed by atoms with E-state index in [0.717, 1.165) is 16.5 Å². The Bertz CT molecular complexity index is 1150. The molecule has 0 bridgehead atoms. The average molecular weight is 405 g/mol. The maximum absolute atomic E-state index is 13.2. The number of hydrogen-bond donors (Lipinski definition) is 3. The first-order valence-electron chi connectivity index (χ1n) is 9.35. The minimum absolute atomic E-state index is 0.294. The third-order valence-corrected chi connectivity index (χ3v) is 4.65. The zero-order valence-corrected chi connectivity index (χ0v) is 16.2. The monoisotopic (exact) mass is 405 g/mol. The summed E-state index contributed by atoms with van der Waals surface area (Å²) in [7, 11) is 1.59. The zero-order chi connectivity index (χ0) is 20.9. The van der Waals surface area contributed by atoms with Crippen LogP contribution in [0.2, 0.25) is 0 Å². The number of hydrogen-bond acceptors (Lipinski definition) is 4. The highest BCUT2D eigenvalue weighted by atomic mass is 19.1. The summed E-state index contributed by atoms with van der Waals surface area (Å²) >= 11 is 0. The van der Waals surface area contributed by atoms with Gasteiger partial charge in [0, 0.05) is 30.3 Å². The molecular formula is C22H20FN5O2. The number of benzene rings is 2. The third-order valence-electron chi connectivity index (χ3n) is 4.65. The molecule has 0 aliphatic rings. The van der Waals surface area contributed by atoms with Crippen molar-refractivity contribution in [3.05, 3.63) is 78.2 Å². The largest absolute Gasteiger partial charge is 0.382 e. The quantitative estimate of drug-likeness (QED) is 0.447. The summed E-state index contributed by atoms with van der Waals surface area (Å²) in [5, 5.41) is 13.6. The molecule has 7 nitrogen and oxygen atoms in total. The first-order valence-corrected chi connectivity index (χ1v) is 9.35. The van der Waals surface area contributed by atoms with Gasteiger partial charge in [-0.15, -0.1) is 0 Å². The number of carbonyl (C=O) groups is 1. The Kier molecular flexibility index (Phi) is 5.67. The summed E-state index contributed by atoms with van der Waals surface area (Å²) in [6.07, 6.45) is 1.62. The molecule has 4 rings (SSSR count). The number of urea groups is 1. The molecule has 30 heavy (non-hydrogen) atoms. The van der Waals surface area contributed by atoms with E-state index in [1.54, 1.807) is 31.5 Å². The van der Waals surface area contributed by atoms with E-state index in [2.05, 4.69) is 25.8 Å². The number of methoxy groups -OCH3 is 1. The number of amides is 2. The number of aromatic amines is 1. The second-order valence-corrected chi connectivity index (χ2v) is 6.71. The number of ether oxygens (including phenoxy) is 1. The second kappa shape index (κ2) is 8.71. The van der Waals surface area contributed by atoms with Gasteiger partial charge in [0.05, 0.1) is 18.2 Å². The predicted molar refractivity (Wildman–Crippen MR) is 112 cm³/mol. The van der Waals surface area contributed by atoms with E-state index in [1.807, 2.05) is 30.3 Å². The molecule has 2 heterocycles. The van der Waals surface area contributed by atoms with Crippen LogP contribution in [0.4, 0.5) is 15.0 Å². The standard InChI is InChI=1S/C22H20FN5O2/c1-30-13-19(14-5-3-2-4-6-14)25-22(29)26-20-11-18-17(12-24-20)21(28-27-18)15-7-9-16(23)10-8-15/h2-12,19H,13H2,1H3,(H,27,28)(H2,24,25,26,29). The highest BCUT2D eigenvalue weighted by Gasteiger charge is 2.15. The van der Waals surface area contributed by atoms with Gasteiger partial charge in [-0.1, -0.05) is 30.3 Å². The number of halogens is 1. The van der Waals surface area contributed by atoms with Crippen LogP contribution >= 0.6 is 0 Å². The zero-order valence-electron chi connectivity index (χ0n) is 16.2. The van der Waals surface area contributed by atoms with E-state index in [0.29, 0.717) is 23.6 Å². The molecule has 3 N–H and O–H groups in total. The van der Waals surface area contributed by atoms with E-state index in [4.69, 9.17) is 4.74 Å². The summed E-state index contributed by atoms with van der Waals surface area (Å²) in [4.78, 5) is 16.8. The number of nitrogens with one attached hydrogen (secondary N) is 3. The van der Waals surface area contributed by atoms with Crippen molar-refractivity contribution in [2.75, 3.05) is 19.0 Å². The minimum atomic E-state index is -0.397. The van der Waals surface area contributed by atoms with Crippen molar-refractivity contribution < 1.29 is 13.9 Å². The number of nitrogens with zero attached hydrogens (tertiary/aromatic N) is 2. The van der Waals surface area contributed by atoms with E-state index in [9.17, 15) is 9.18 Å². The second-order valence-electron chi connectivity index (χ2n) is 6.71. The fraction of sp³-hybridized carbons (Fsp3) is 0.136. The number of fused-ring (bicyclic) bond motifs is 1. The normalized spacial score (nSPS) is 11.9. The smallest absolute Gasteiger partial charge is 0.320 e. The lowest BCUT2D eigenvalue weighted by molar-refractivity contribution is 0.168. The molecule has 2 aromatic carbocycles. The van der Waals surface area contributed by atoms with Gasteiger partial charge >= 0.3 is 6.03 Å². The summed E-state index contributed by atoms with van der Waals surface area (Å²) < 4.78 is 18.4. The molecule has 0 aliphatic carbocycles. The van der Waals surface area contributed by atoms with Gasteiger partial charge in [0.2, 0.25) is 0 Å². The molecule has 1 unspecified atom stereocenters. The van der Waals surface area contributed by atoms with Crippen LogP contribution in [-0.2, 0) is 4.74 Å². The van der Waals surface area contributed by atoms with E-state index in [1.165, 1.54) is 12.1 Å². The van der Waals surface area contributed by atoms with E-state index in [-0.39, 0.29) is 11.9 Å². The summed E-state index contributed by atoms with van der Waals surface area (Å²) in [5.74, 6) is 0.0648. The van der Waals surface area contributed by atoms with Crippen LogP contribution in [0.3, 0.4) is 0 Å². The molecule has 2 amide bonds. The van der Waals surface area contributed by atoms with Crippen LogP contribution in [0.1, 0.15) is 11.6 Å². The fourth-order valence-electron chi connectivity index (χ4n) is 3.19. The van der Waals surface area contributed by atoms with Crippen molar-refractivity contribution in [2.45, 2.75) is 6.04 Å². The molecule has 1 atom stereocenters. The van der Waals surface area contributed by atoms with Crippen molar-refractivity contribution in [3.8, 4) is 11.3 Å². The Morgan fingerprint density at radius 2 is 1.93 bits per heavy atom. The van der Waals surface area contributed by atoms with Crippen LogP contribution in [0.15, 0.2) is 66.9 Å². The summed E-state index contributed by atoms with van der Waals surface area (Å²) in [6.45, 7) is 0.339. The lowest BCUT2D eigenvalue weighted by Gasteiger charge is -2.18. The number of anilines is 1. The molecule has 4 aromatic rings. The van der Waals surface area contributed by atoms with Gasteiger partial charge in [-0.2, -0.15) is 5.10 Å². The highest BCUT2D eigenvalue weighted by molar-refractivity contribution is 5.95. The molecule has 152 valence electrons. The summed E-state index contributed by atoms with van der Waals surface area (Å²) in [6, 6.07) is 16.7. The van der Waals surface area contributed by atoms with Crippen molar-refractivity contribution in [3.63, 3.8) is 0 Å². The van der Waals surface area contributed by atoms with Crippen LogP contribution in [0.5, 0.6) is 0 Å². The lowest BCUT2D eigenvalue weighted by Crippen LogP contribution is -2.35. The van der Waals surface area contributed by atoms with Gasteiger partial charge < -0.3 is 10.1 Å². The van der Waals surface area contributed by atoms with Crippen molar-refractivity contribution in [2.24, 2.45) is 0 Å². The van der Waals surface area contributed by atoms with Gasteiger partial charge in [-0.25, -0.2) is 14.2 Å². The number of rotatable bonds is 6. The Labute approximate surface area is 172 Å². The third kappa shape index (κ3) is 4.28. The van der Waals surface area contributed by atoms with Crippen LogP contribution < -0.4 is 10.6 Å². The fourth-order valence-corrected chi connectivity index (χ4v) is 3.19. The molecule has 2 aromatic heterocycles. The first kappa shape index (κ1) is 19.5. The van der Waals surface area contributed by atoms with Crippen LogP contribution in [0, 0.1) is 5.82 Å². The van der Waals surface area contributed by atoms with Crippen LogP contribution in [0.25, 0.3) is 22.2 Å². The van der Waals surface area contributed by atoms with Gasteiger partial charge in [0.1, 0.15) is 17.3 Å². The average Bonchev–Trinajstić information content (AvgIpc) is 3.18. The molecular weight excluding hydrogens is 385 g/mol. The number of pyridine rings is 1. The number of H-pyrrole nitrogens is 1. The van der Waals surface area contributed by atoms with E-state index >= 15 is 0 Å². The molecule has 0 spiro atoms.